The molecule has 1 atom stereocenters. The molecule has 3 N–H and O–H groups in total. The minimum absolute atomic E-state index is 0.190. The first kappa shape index (κ1) is 21.2. The van der Waals surface area contributed by atoms with Crippen molar-refractivity contribution in [1.82, 2.24) is 5.32 Å². The lowest BCUT2D eigenvalue weighted by Gasteiger charge is -2.24. The lowest BCUT2D eigenvalue weighted by molar-refractivity contribution is -0.121. The third-order valence-corrected chi connectivity index (χ3v) is 6.60. The molecule has 5 nitrogen and oxygen atoms in total. The summed E-state index contributed by atoms with van der Waals surface area (Å²) < 4.78 is 0. The van der Waals surface area contributed by atoms with Crippen molar-refractivity contribution in [2.24, 2.45) is 0 Å². The number of hydrogen-bond acceptors (Lipinski definition) is 3. The first-order valence-corrected chi connectivity index (χ1v) is 11.2. The molecule has 0 spiro atoms. The zero-order valence-corrected chi connectivity index (χ0v) is 18.0. The van der Waals surface area contributed by atoms with Crippen molar-refractivity contribution in [2.45, 2.75) is 63.3 Å². The van der Waals surface area contributed by atoms with Gasteiger partial charge in [0.15, 0.2) is 0 Å². The van der Waals surface area contributed by atoms with Crippen molar-refractivity contribution in [3.8, 4) is 0 Å². The number of anilines is 1. The molecule has 162 valence electrons. The number of nitrogens with one attached hydrogen (secondary N) is 2. The summed E-state index contributed by atoms with van der Waals surface area (Å²) in [7, 11) is 0. The molecule has 2 aromatic carbocycles. The van der Waals surface area contributed by atoms with Crippen molar-refractivity contribution < 1.29 is 14.7 Å². The van der Waals surface area contributed by atoms with Gasteiger partial charge in [0.25, 0.3) is 11.8 Å². The molecular weight excluding hydrogens is 388 g/mol. The summed E-state index contributed by atoms with van der Waals surface area (Å²) in [6, 6.07) is 17.7. The molecule has 4 rings (SSSR count). The molecular formula is C26H30N2O3. The molecule has 31 heavy (non-hydrogen) atoms. The Morgan fingerprint density at radius 2 is 1.74 bits per heavy atom. The predicted octanol–water partition coefficient (Wildman–Crippen LogP) is 5.01. The van der Waals surface area contributed by atoms with Crippen molar-refractivity contribution in [1.29, 1.82) is 0 Å². The van der Waals surface area contributed by atoms with Crippen LogP contribution in [0.1, 0.15) is 62.5 Å². The van der Waals surface area contributed by atoms with Gasteiger partial charge in [-0.3, -0.25) is 9.59 Å². The van der Waals surface area contributed by atoms with E-state index in [1.807, 2.05) is 42.5 Å². The second kappa shape index (κ2) is 8.96. The van der Waals surface area contributed by atoms with Crippen molar-refractivity contribution >= 4 is 17.5 Å². The minimum Gasteiger partial charge on any atom is -0.509 e. The lowest BCUT2D eigenvalue weighted by atomic mass is 9.84. The highest BCUT2D eigenvalue weighted by Crippen LogP contribution is 2.33. The standard InChI is InChI=1S/C26H30N2O3/c1-26(17-16-18-8-4-2-5-9-18)23(29)22(25(31)28-26)24(30)27-21-14-12-20(13-15-21)19-10-6-3-7-11-19/h2,4-5,8-9,12-15,19,29H,3,6-7,10-11,16-17H2,1H3,(H,27,30)(H,28,31). The molecule has 1 heterocycles. The molecule has 2 aromatic rings. The van der Waals surface area contributed by atoms with Gasteiger partial charge in [0, 0.05) is 5.69 Å². The lowest BCUT2D eigenvalue weighted by Crippen LogP contribution is -2.42. The van der Waals surface area contributed by atoms with Gasteiger partial charge in [-0.2, -0.15) is 0 Å². The van der Waals surface area contributed by atoms with Crippen molar-refractivity contribution in [3.63, 3.8) is 0 Å². The summed E-state index contributed by atoms with van der Waals surface area (Å²) >= 11 is 0. The van der Waals surface area contributed by atoms with Crippen LogP contribution in [0, 0.1) is 0 Å². The highest BCUT2D eigenvalue weighted by molar-refractivity contribution is 6.24. The number of aliphatic hydroxyl groups excluding tert-OH is 1. The Bertz CT molecular complexity index is 975. The first-order valence-electron chi connectivity index (χ1n) is 11.2. The van der Waals surface area contributed by atoms with Gasteiger partial charge in [-0.25, -0.2) is 0 Å². The van der Waals surface area contributed by atoms with E-state index in [4.69, 9.17) is 0 Å². The molecule has 1 saturated carbocycles. The quantitative estimate of drug-likeness (QED) is 0.577. The van der Waals surface area contributed by atoms with Crippen LogP contribution in [-0.2, 0) is 16.0 Å². The van der Waals surface area contributed by atoms with Crippen LogP contribution >= 0.6 is 0 Å². The van der Waals surface area contributed by atoms with Crippen LogP contribution in [0.3, 0.4) is 0 Å². The summed E-state index contributed by atoms with van der Waals surface area (Å²) in [5.74, 6) is -0.714. The van der Waals surface area contributed by atoms with Crippen molar-refractivity contribution in [3.05, 3.63) is 77.1 Å². The Morgan fingerprint density at radius 1 is 1.06 bits per heavy atom. The SMILES string of the molecule is CC1(CCc2ccccc2)NC(=O)C(C(=O)Nc2ccc(C3CCCCC3)cc2)=C1O. The summed E-state index contributed by atoms with van der Waals surface area (Å²) in [6.45, 7) is 1.75. The second-order valence-corrected chi connectivity index (χ2v) is 8.91. The van der Waals surface area contributed by atoms with E-state index in [1.54, 1.807) is 6.92 Å². The molecule has 0 bridgehead atoms. The van der Waals surface area contributed by atoms with Gasteiger partial charge in [0.1, 0.15) is 11.3 Å². The van der Waals surface area contributed by atoms with E-state index in [9.17, 15) is 14.7 Å². The number of carbonyl (C=O) groups is 2. The zero-order chi connectivity index (χ0) is 21.8. The normalized spacial score (nSPS) is 21.8. The molecule has 2 aliphatic rings. The van der Waals surface area contributed by atoms with Gasteiger partial charge in [-0.05, 0) is 61.8 Å². The Balaban J connectivity index is 1.43. The third-order valence-electron chi connectivity index (χ3n) is 6.60. The molecule has 1 aliphatic carbocycles. The number of hydrogen-bond donors (Lipinski definition) is 3. The number of aliphatic hydroxyl groups is 1. The number of aryl methyl sites for hydroxylation is 1. The predicted molar refractivity (Wildman–Crippen MR) is 122 cm³/mol. The number of carbonyl (C=O) groups excluding carboxylic acids is 2. The Labute approximate surface area is 183 Å². The maximum Gasteiger partial charge on any atom is 0.264 e. The average molecular weight is 419 g/mol. The van der Waals surface area contributed by atoms with E-state index in [1.165, 1.54) is 37.7 Å². The molecule has 1 aliphatic heterocycles. The minimum atomic E-state index is -0.954. The van der Waals surface area contributed by atoms with E-state index >= 15 is 0 Å². The number of rotatable bonds is 6. The molecule has 1 unspecified atom stereocenters. The summed E-state index contributed by atoms with van der Waals surface area (Å²) in [5, 5.41) is 16.3. The largest absolute Gasteiger partial charge is 0.509 e. The van der Waals surface area contributed by atoms with E-state index in [0.717, 1.165) is 5.56 Å². The monoisotopic (exact) mass is 418 g/mol. The fourth-order valence-corrected chi connectivity index (χ4v) is 4.65. The molecule has 1 fully saturated rings. The van der Waals surface area contributed by atoms with E-state index in [-0.39, 0.29) is 11.3 Å². The summed E-state index contributed by atoms with van der Waals surface area (Å²) in [4.78, 5) is 25.3. The van der Waals surface area contributed by atoms with Gasteiger partial charge in [0.05, 0.1) is 5.54 Å². The smallest absolute Gasteiger partial charge is 0.264 e. The first-order chi connectivity index (χ1) is 15.0. The van der Waals surface area contributed by atoms with Gasteiger partial charge in [-0.15, -0.1) is 0 Å². The van der Waals surface area contributed by atoms with Crippen LogP contribution in [0.25, 0.3) is 0 Å². The Morgan fingerprint density at radius 3 is 2.42 bits per heavy atom. The molecule has 0 radical (unpaired) electrons. The summed E-state index contributed by atoms with van der Waals surface area (Å²) in [6.07, 6.45) is 7.47. The summed E-state index contributed by atoms with van der Waals surface area (Å²) in [5.41, 5.74) is 1.88. The van der Waals surface area contributed by atoms with Crippen LogP contribution in [-0.4, -0.2) is 22.5 Å². The van der Waals surface area contributed by atoms with Gasteiger partial charge < -0.3 is 15.7 Å². The van der Waals surface area contributed by atoms with Crippen LogP contribution < -0.4 is 10.6 Å². The highest BCUT2D eigenvalue weighted by Gasteiger charge is 2.44. The maximum absolute atomic E-state index is 12.8. The topological polar surface area (TPSA) is 78.4 Å². The third kappa shape index (κ3) is 4.66. The van der Waals surface area contributed by atoms with Gasteiger partial charge >= 0.3 is 0 Å². The Kier molecular flexibility index (Phi) is 6.12. The van der Waals surface area contributed by atoms with Gasteiger partial charge in [-0.1, -0.05) is 61.7 Å². The molecule has 0 aromatic heterocycles. The number of amides is 2. The van der Waals surface area contributed by atoms with Gasteiger partial charge in [0.2, 0.25) is 0 Å². The van der Waals surface area contributed by atoms with Crippen LogP contribution in [0.15, 0.2) is 65.9 Å². The van der Waals surface area contributed by atoms with E-state index < -0.39 is 17.4 Å². The Hall–Kier alpha value is -3.08. The van der Waals surface area contributed by atoms with Crippen molar-refractivity contribution in [2.75, 3.05) is 5.32 Å². The van der Waals surface area contributed by atoms with Crippen LogP contribution in [0.5, 0.6) is 0 Å². The fraction of sp³-hybridized carbons (Fsp3) is 0.385. The molecule has 5 heteroatoms. The van der Waals surface area contributed by atoms with E-state index in [0.29, 0.717) is 24.4 Å². The zero-order valence-electron chi connectivity index (χ0n) is 18.0. The highest BCUT2D eigenvalue weighted by atomic mass is 16.3. The fourth-order valence-electron chi connectivity index (χ4n) is 4.65. The second-order valence-electron chi connectivity index (χ2n) is 8.91. The number of benzene rings is 2. The van der Waals surface area contributed by atoms with Crippen LogP contribution in [0.4, 0.5) is 5.69 Å². The molecule has 0 saturated heterocycles. The van der Waals surface area contributed by atoms with Crippen LogP contribution in [0.2, 0.25) is 0 Å². The molecule has 2 amide bonds. The average Bonchev–Trinajstić information content (AvgIpc) is 3.02. The maximum atomic E-state index is 12.8. The van der Waals surface area contributed by atoms with E-state index in [2.05, 4.69) is 22.8 Å².